The van der Waals surface area contributed by atoms with Gasteiger partial charge in [-0.25, -0.2) is 8.78 Å². The molecule has 1 aromatic carbocycles. The molecule has 0 saturated heterocycles. The summed E-state index contributed by atoms with van der Waals surface area (Å²) in [5.74, 6) is -1.92. The fourth-order valence-corrected chi connectivity index (χ4v) is 1.40. The summed E-state index contributed by atoms with van der Waals surface area (Å²) in [6, 6.07) is 2.76. The lowest BCUT2D eigenvalue weighted by molar-refractivity contribution is 0.0791. The molecule has 94 valence electrons. The summed E-state index contributed by atoms with van der Waals surface area (Å²) in [7, 11) is 1.58. The minimum Gasteiger partial charge on any atom is -0.342 e. The lowest BCUT2D eigenvalue weighted by Gasteiger charge is -2.18. The molecule has 0 spiro atoms. The fourth-order valence-electron chi connectivity index (χ4n) is 1.40. The van der Waals surface area contributed by atoms with Gasteiger partial charge in [0.1, 0.15) is 11.6 Å². The van der Waals surface area contributed by atoms with E-state index in [9.17, 15) is 13.6 Å². The maximum Gasteiger partial charge on any atom is 0.253 e. The van der Waals surface area contributed by atoms with Crippen molar-refractivity contribution in [3.8, 4) is 0 Å². The van der Waals surface area contributed by atoms with Crippen LogP contribution in [-0.2, 0) is 0 Å². The van der Waals surface area contributed by atoms with E-state index < -0.39 is 17.5 Å². The standard InChI is InChI=1S/C12H16F2N2O/c1-8(15)3-4-16(2)12(17)9-5-10(13)7-11(14)6-9/h5-8H,3-4,15H2,1-2H3. The Balaban J connectivity index is 2.74. The third-order valence-electron chi connectivity index (χ3n) is 2.38. The van der Waals surface area contributed by atoms with E-state index in [0.717, 1.165) is 18.2 Å². The summed E-state index contributed by atoms with van der Waals surface area (Å²) in [5, 5.41) is 0. The van der Waals surface area contributed by atoms with Gasteiger partial charge in [0.15, 0.2) is 0 Å². The molecule has 0 aromatic heterocycles. The Morgan fingerprint density at radius 3 is 2.35 bits per heavy atom. The average Bonchev–Trinajstić information content (AvgIpc) is 2.23. The zero-order chi connectivity index (χ0) is 13.0. The number of amides is 1. The van der Waals surface area contributed by atoms with E-state index in [2.05, 4.69) is 0 Å². The van der Waals surface area contributed by atoms with E-state index in [1.165, 1.54) is 4.90 Å². The van der Waals surface area contributed by atoms with Crippen molar-refractivity contribution in [3.63, 3.8) is 0 Å². The number of hydrogen-bond acceptors (Lipinski definition) is 2. The lowest BCUT2D eigenvalue weighted by atomic mass is 10.1. The minimum absolute atomic E-state index is 0.00896. The number of nitrogens with two attached hydrogens (primary N) is 1. The number of carbonyl (C=O) groups is 1. The van der Waals surface area contributed by atoms with E-state index in [4.69, 9.17) is 5.73 Å². The summed E-state index contributed by atoms with van der Waals surface area (Å²) < 4.78 is 25.9. The molecule has 0 radical (unpaired) electrons. The lowest BCUT2D eigenvalue weighted by Crippen LogP contribution is -2.31. The fraction of sp³-hybridized carbons (Fsp3) is 0.417. The van der Waals surface area contributed by atoms with Gasteiger partial charge in [-0.05, 0) is 25.5 Å². The van der Waals surface area contributed by atoms with Gasteiger partial charge in [0, 0.05) is 31.3 Å². The second kappa shape index (κ2) is 5.72. The smallest absolute Gasteiger partial charge is 0.253 e. The summed E-state index contributed by atoms with van der Waals surface area (Å²) in [6.45, 7) is 2.29. The molecule has 0 aliphatic heterocycles. The third kappa shape index (κ3) is 4.11. The molecule has 0 bridgehead atoms. The Bertz CT molecular complexity index is 387. The molecule has 0 heterocycles. The van der Waals surface area contributed by atoms with Gasteiger partial charge in [0.05, 0.1) is 0 Å². The van der Waals surface area contributed by atoms with Crippen LogP contribution < -0.4 is 5.73 Å². The van der Waals surface area contributed by atoms with Crippen molar-refractivity contribution in [2.24, 2.45) is 5.73 Å². The number of halogens is 2. The molecule has 1 atom stereocenters. The van der Waals surface area contributed by atoms with Crippen molar-refractivity contribution in [2.75, 3.05) is 13.6 Å². The second-order valence-electron chi connectivity index (χ2n) is 4.15. The molecule has 1 amide bonds. The highest BCUT2D eigenvalue weighted by atomic mass is 19.1. The summed E-state index contributed by atoms with van der Waals surface area (Å²) in [6.07, 6.45) is 0.639. The second-order valence-corrected chi connectivity index (χ2v) is 4.15. The first-order valence-corrected chi connectivity index (χ1v) is 5.37. The average molecular weight is 242 g/mol. The molecule has 1 unspecified atom stereocenters. The highest BCUT2D eigenvalue weighted by molar-refractivity contribution is 5.94. The molecular weight excluding hydrogens is 226 g/mol. The molecule has 0 fully saturated rings. The van der Waals surface area contributed by atoms with Gasteiger partial charge in [-0.2, -0.15) is 0 Å². The number of carbonyl (C=O) groups excluding carboxylic acids is 1. The van der Waals surface area contributed by atoms with E-state index in [0.29, 0.717) is 13.0 Å². The van der Waals surface area contributed by atoms with Gasteiger partial charge in [-0.1, -0.05) is 0 Å². The van der Waals surface area contributed by atoms with Crippen LogP contribution in [0.1, 0.15) is 23.7 Å². The van der Waals surface area contributed by atoms with Gasteiger partial charge >= 0.3 is 0 Å². The number of nitrogens with zero attached hydrogens (tertiary/aromatic N) is 1. The van der Waals surface area contributed by atoms with Gasteiger partial charge in [-0.15, -0.1) is 0 Å². The molecule has 1 rings (SSSR count). The zero-order valence-electron chi connectivity index (χ0n) is 9.91. The van der Waals surface area contributed by atoms with E-state index in [1.807, 2.05) is 6.92 Å². The van der Waals surface area contributed by atoms with Crippen LogP contribution in [0.4, 0.5) is 8.78 Å². The van der Waals surface area contributed by atoms with Gasteiger partial charge in [-0.3, -0.25) is 4.79 Å². The minimum atomic E-state index is -0.756. The molecule has 1 aromatic rings. The Morgan fingerprint density at radius 1 is 1.35 bits per heavy atom. The van der Waals surface area contributed by atoms with Crippen LogP contribution in [0.25, 0.3) is 0 Å². The van der Waals surface area contributed by atoms with Crippen LogP contribution in [0.3, 0.4) is 0 Å². The molecule has 0 saturated carbocycles. The molecule has 3 nitrogen and oxygen atoms in total. The van der Waals surface area contributed by atoms with Crippen LogP contribution >= 0.6 is 0 Å². The number of benzene rings is 1. The van der Waals surface area contributed by atoms with E-state index in [-0.39, 0.29) is 11.6 Å². The highest BCUT2D eigenvalue weighted by Crippen LogP contribution is 2.10. The van der Waals surface area contributed by atoms with Crippen molar-refractivity contribution >= 4 is 5.91 Å². The Morgan fingerprint density at radius 2 is 1.88 bits per heavy atom. The largest absolute Gasteiger partial charge is 0.342 e. The maximum atomic E-state index is 12.9. The molecule has 0 aliphatic carbocycles. The maximum absolute atomic E-state index is 12.9. The van der Waals surface area contributed by atoms with Crippen LogP contribution in [-0.4, -0.2) is 30.4 Å². The summed E-state index contributed by atoms with van der Waals surface area (Å²) in [5.41, 5.74) is 5.58. The summed E-state index contributed by atoms with van der Waals surface area (Å²) >= 11 is 0. The van der Waals surface area contributed by atoms with Crippen molar-refractivity contribution in [1.82, 2.24) is 4.90 Å². The van der Waals surface area contributed by atoms with E-state index >= 15 is 0 Å². The van der Waals surface area contributed by atoms with Crippen molar-refractivity contribution in [3.05, 3.63) is 35.4 Å². The molecule has 0 aliphatic rings. The van der Waals surface area contributed by atoms with Gasteiger partial charge < -0.3 is 10.6 Å². The number of hydrogen-bond donors (Lipinski definition) is 1. The molecular formula is C12H16F2N2O. The van der Waals surface area contributed by atoms with Crippen LogP contribution in [0.5, 0.6) is 0 Å². The number of rotatable bonds is 4. The monoisotopic (exact) mass is 242 g/mol. The van der Waals surface area contributed by atoms with E-state index in [1.54, 1.807) is 7.05 Å². The SMILES string of the molecule is CC(N)CCN(C)C(=O)c1cc(F)cc(F)c1. The first-order chi connectivity index (χ1) is 7.90. The first kappa shape index (κ1) is 13.6. The predicted molar refractivity (Wildman–Crippen MR) is 61.6 cm³/mol. The first-order valence-electron chi connectivity index (χ1n) is 5.37. The summed E-state index contributed by atoms with van der Waals surface area (Å²) in [4.78, 5) is 13.2. The van der Waals surface area contributed by atoms with Crippen molar-refractivity contribution < 1.29 is 13.6 Å². The van der Waals surface area contributed by atoms with Gasteiger partial charge in [0.2, 0.25) is 0 Å². The van der Waals surface area contributed by atoms with Crippen LogP contribution in [0.2, 0.25) is 0 Å². The normalized spacial score (nSPS) is 12.3. The van der Waals surface area contributed by atoms with Crippen LogP contribution in [0.15, 0.2) is 18.2 Å². The zero-order valence-corrected chi connectivity index (χ0v) is 9.91. The Kier molecular flexibility index (Phi) is 4.57. The predicted octanol–water partition coefficient (Wildman–Crippen LogP) is 1.77. The Labute approximate surface area is 99.2 Å². The topological polar surface area (TPSA) is 46.3 Å². The Hall–Kier alpha value is -1.49. The molecule has 5 heteroatoms. The molecule has 2 N–H and O–H groups in total. The molecule has 17 heavy (non-hydrogen) atoms. The van der Waals surface area contributed by atoms with Gasteiger partial charge in [0.25, 0.3) is 5.91 Å². The van der Waals surface area contributed by atoms with Crippen molar-refractivity contribution in [1.29, 1.82) is 0 Å². The van der Waals surface area contributed by atoms with Crippen LogP contribution in [0, 0.1) is 11.6 Å². The quantitative estimate of drug-likeness (QED) is 0.874. The third-order valence-corrected chi connectivity index (χ3v) is 2.38. The highest BCUT2D eigenvalue weighted by Gasteiger charge is 2.14. The van der Waals surface area contributed by atoms with Crippen molar-refractivity contribution in [2.45, 2.75) is 19.4 Å².